The standard InChI is InChI=1S/C14H16FNS/c1-9-7-11(8-10(2)13(9)15)14(16-3)12-5-4-6-17-12/h4-8,14,16H,1-3H3. The van der Waals surface area contributed by atoms with Gasteiger partial charge in [-0.25, -0.2) is 4.39 Å². The van der Waals surface area contributed by atoms with Crippen molar-refractivity contribution in [3.8, 4) is 0 Å². The van der Waals surface area contributed by atoms with Crippen molar-refractivity contribution < 1.29 is 4.39 Å². The maximum atomic E-state index is 13.6. The molecule has 3 heteroatoms. The van der Waals surface area contributed by atoms with Crippen LogP contribution in [0.15, 0.2) is 29.6 Å². The van der Waals surface area contributed by atoms with Crippen molar-refractivity contribution >= 4 is 11.3 Å². The third-order valence-electron chi connectivity index (χ3n) is 2.91. The van der Waals surface area contributed by atoms with Crippen LogP contribution in [0.4, 0.5) is 4.39 Å². The van der Waals surface area contributed by atoms with E-state index in [4.69, 9.17) is 0 Å². The lowest BCUT2D eigenvalue weighted by molar-refractivity contribution is 0.605. The Morgan fingerprint density at radius 3 is 2.35 bits per heavy atom. The number of rotatable bonds is 3. The normalized spacial score (nSPS) is 12.7. The van der Waals surface area contributed by atoms with E-state index in [9.17, 15) is 4.39 Å². The van der Waals surface area contributed by atoms with Crippen molar-refractivity contribution in [1.82, 2.24) is 5.32 Å². The van der Waals surface area contributed by atoms with Gasteiger partial charge in [0.2, 0.25) is 0 Å². The van der Waals surface area contributed by atoms with Crippen LogP contribution in [0.2, 0.25) is 0 Å². The summed E-state index contributed by atoms with van der Waals surface area (Å²) < 4.78 is 13.6. The van der Waals surface area contributed by atoms with E-state index in [1.165, 1.54) is 4.88 Å². The molecule has 1 unspecified atom stereocenters. The van der Waals surface area contributed by atoms with Gasteiger partial charge in [0.15, 0.2) is 0 Å². The molecule has 0 spiro atoms. The largest absolute Gasteiger partial charge is 0.309 e. The molecule has 1 heterocycles. The van der Waals surface area contributed by atoms with Crippen molar-refractivity contribution in [2.24, 2.45) is 0 Å². The topological polar surface area (TPSA) is 12.0 Å². The highest BCUT2D eigenvalue weighted by Gasteiger charge is 2.15. The number of thiophene rings is 1. The summed E-state index contributed by atoms with van der Waals surface area (Å²) in [6, 6.07) is 8.12. The molecule has 0 aliphatic carbocycles. The van der Waals surface area contributed by atoms with Crippen molar-refractivity contribution in [2.45, 2.75) is 19.9 Å². The molecule has 1 N–H and O–H groups in total. The molecule has 0 bridgehead atoms. The molecule has 90 valence electrons. The monoisotopic (exact) mass is 249 g/mol. The van der Waals surface area contributed by atoms with E-state index in [2.05, 4.69) is 16.8 Å². The number of hydrogen-bond acceptors (Lipinski definition) is 2. The van der Waals surface area contributed by atoms with Crippen LogP contribution in [-0.2, 0) is 0 Å². The lowest BCUT2D eigenvalue weighted by atomic mass is 10.00. The first-order chi connectivity index (χ1) is 8.13. The SMILES string of the molecule is CNC(c1cc(C)c(F)c(C)c1)c1cccs1. The fraction of sp³-hybridized carbons (Fsp3) is 0.286. The van der Waals surface area contributed by atoms with E-state index in [0.717, 1.165) is 5.56 Å². The smallest absolute Gasteiger partial charge is 0.129 e. The Morgan fingerprint density at radius 1 is 1.24 bits per heavy atom. The Hall–Kier alpha value is -1.19. The minimum Gasteiger partial charge on any atom is -0.309 e. The Bertz CT molecular complexity index is 482. The number of nitrogens with one attached hydrogen (secondary N) is 1. The van der Waals surface area contributed by atoms with Crippen LogP contribution in [0.3, 0.4) is 0 Å². The Morgan fingerprint density at radius 2 is 1.88 bits per heavy atom. The summed E-state index contributed by atoms with van der Waals surface area (Å²) in [5, 5.41) is 5.34. The van der Waals surface area contributed by atoms with E-state index in [1.807, 2.05) is 39.1 Å². The van der Waals surface area contributed by atoms with Crippen LogP contribution in [0.1, 0.15) is 27.6 Å². The zero-order valence-corrected chi connectivity index (χ0v) is 11.1. The van der Waals surface area contributed by atoms with Gasteiger partial charge < -0.3 is 5.32 Å². The molecule has 0 aliphatic rings. The fourth-order valence-electron chi connectivity index (χ4n) is 2.07. The number of benzene rings is 1. The molecule has 0 saturated carbocycles. The highest BCUT2D eigenvalue weighted by molar-refractivity contribution is 7.10. The van der Waals surface area contributed by atoms with Gasteiger partial charge in [-0.2, -0.15) is 0 Å². The molecule has 2 aromatic rings. The molecule has 1 nitrogen and oxygen atoms in total. The second-order valence-electron chi connectivity index (χ2n) is 4.21. The minimum atomic E-state index is -0.102. The molecular weight excluding hydrogens is 233 g/mol. The number of halogens is 1. The van der Waals surface area contributed by atoms with Gasteiger partial charge in [0.05, 0.1) is 6.04 Å². The average molecular weight is 249 g/mol. The predicted octanol–water partition coefficient (Wildman–Crippen LogP) is 3.81. The van der Waals surface area contributed by atoms with Gasteiger partial charge in [-0.05, 0) is 49.0 Å². The fourth-order valence-corrected chi connectivity index (χ4v) is 2.94. The van der Waals surface area contributed by atoms with Crippen LogP contribution < -0.4 is 5.32 Å². The highest BCUT2D eigenvalue weighted by Crippen LogP contribution is 2.28. The van der Waals surface area contributed by atoms with Crippen molar-refractivity contribution in [3.63, 3.8) is 0 Å². The van der Waals surface area contributed by atoms with E-state index in [1.54, 1.807) is 11.3 Å². The van der Waals surface area contributed by atoms with Gasteiger partial charge in [-0.15, -0.1) is 11.3 Å². The molecule has 0 saturated heterocycles. The summed E-state index contributed by atoms with van der Waals surface area (Å²) in [6.07, 6.45) is 0. The van der Waals surface area contributed by atoms with Gasteiger partial charge in [-0.3, -0.25) is 0 Å². The zero-order valence-electron chi connectivity index (χ0n) is 10.3. The molecule has 0 fully saturated rings. The first-order valence-corrected chi connectivity index (χ1v) is 6.48. The summed E-state index contributed by atoms with van der Waals surface area (Å²) in [6.45, 7) is 3.62. The molecule has 0 amide bonds. The number of hydrogen-bond donors (Lipinski definition) is 1. The molecule has 2 rings (SSSR count). The van der Waals surface area contributed by atoms with Gasteiger partial charge in [0, 0.05) is 4.88 Å². The van der Waals surface area contributed by atoms with Crippen molar-refractivity contribution in [2.75, 3.05) is 7.05 Å². The van der Waals surface area contributed by atoms with Crippen LogP contribution in [0.5, 0.6) is 0 Å². The van der Waals surface area contributed by atoms with E-state index < -0.39 is 0 Å². The zero-order chi connectivity index (χ0) is 12.4. The maximum Gasteiger partial charge on any atom is 0.129 e. The van der Waals surface area contributed by atoms with Crippen LogP contribution in [0.25, 0.3) is 0 Å². The number of aryl methyl sites for hydroxylation is 2. The summed E-state index contributed by atoms with van der Waals surface area (Å²) in [5.41, 5.74) is 2.53. The summed E-state index contributed by atoms with van der Waals surface area (Å²) >= 11 is 1.71. The Kier molecular flexibility index (Phi) is 3.60. The van der Waals surface area contributed by atoms with E-state index in [-0.39, 0.29) is 11.9 Å². The Labute approximate surface area is 105 Å². The second-order valence-corrected chi connectivity index (χ2v) is 5.19. The molecule has 1 atom stereocenters. The van der Waals surface area contributed by atoms with Crippen molar-refractivity contribution in [1.29, 1.82) is 0 Å². The highest BCUT2D eigenvalue weighted by atomic mass is 32.1. The van der Waals surface area contributed by atoms with Gasteiger partial charge in [0.25, 0.3) is 0 Å². The minimum absolute atomic E-state index is 0.102. The lowest BCUT2D eigenvalue weighted by Crippen LogP contribution is -2.17. The third-order valence-corrected chi connectivity index (χ3v) is 3.85. The Balaban J connectivity index is 2.45. The predicted molar refractivity (Wildman–Crippen MR) is 71.1 cm³/mol. The average Bonchev–Trinajstić information content (AvgIpc) is 2.80. The maximum absolute atomic E-state index is 13.6. The summed E-state index contributed by atoms with van der Waals surface area (Å²) in [5.74, 6) is -0.102. The van der Waals surface area contributed by atoms with Crippen LogP contribution in [0, 0.1) is 19.7 Å². The molecular formula is C14H16FNS. The second kappa shape index (κ2) is 4.98. The first kappa shape index (κ1) is 12.3. The molecule has 1 aromatic carbocycles. The first-order valence-electron chi connectivity index (χ1n) is 5.60. The third kappa shape index (κ3) is 2.40. The lowest BCUT2D eigenvalue weighted by Gasteiger charge is -2.17. The summed E-state index contributed by atoms with van der Waals surface area (Å²) in [4.78, 5) is 1.25. The quantitative estimate of drug-likeness (QED) is 0.872. The van der Waals surface area contributed by atoms with Crippen molar-refractivity contribution in [3.05, 3.63) is 57.0 Å². The van der Waals surface area contributed by atoms with Crippen LogP contribution >= 0.6 is 11.3 Å². The van der Waals surface area contributed by atoms with Crippen LogP contribution in [-0.4, -0.2) is 7.05 Å². The van der Waals surface area contributed by atoms with Gasteiger partial charge >= 0.3 is 0 Å². The van der Waals surface area contributed by atoms with E-state index in [0.29, 0.717) is 11.1 Å². The van der Waals surface area contributed by atoms with E-state index >= 15 is 0 Å². The molecule has 17 heavy (non-hydrogen) atoms. The molecule has 1 aromatic heterocycles. The molecule has 0 aliphatic heterocycles. The van der Waals surface area contributed by atoms with Gasteiger partial charge in [-0.1, -0.05) is 18.2 Å². The molecule has 0 radical (unpaired) electrons. The summed E-state index contributed by atoms with van der Waals surface area (Å²) in [7, 11) is 1.93. The van der Waals surface area contributed by atoms with Gasteiger partial charge in [0.1, 0.15) is 5.82 Å².